The molecule has 5 heteroatoms. The number of nitrogens with one attached hydrogen (secondary N) is 1. The van der Waals surface area contributed by atoms with Crippen molar-refractivity contribution in [2.75, 3.05) is 7.05 Å². The number of benzene rings is 1. The summed E-state index contributed by atoms with van der Waals surface area (Å²) in [6.45, 7) is 0. The Morgan fingerprint density at radius 3 is 2.59 bits per heavy atom. The Morgan fingerprint density at radius 2 is 2.00 bits per heavy atom. The lowest BCUT2D eigenvalue weighted by Crippen LogP contribution is -2.17. The van der Waals surface area contributed by atoms with Crippen molar-refractivity contribution in [1.29, 1.82) is 0 Å². The Balaban J connectivity index is 2.49. The zero-order valence-corrected chi connectivity index (χ0v) is 15.2. The molecule has 0 spiro atoms. The molecule has 17 heavy (non-hydrogen) atoms. The first kappa shape index (κ1) is 14.0. The Bertz CT molecular complexity index is 527. The van der Waals surface area contributed by atoms with Crippen LogP contribution < -0.4 is 5.32 Å². The molecule has 0 amide bonds. The van der Waals surface area contributed by atoms with Crippen LogP contribution in [0, 0.1) is 3.57 Å². The lowest BCUT2D eigenvalue weighted by atomic mass is 10.1. The summed E-state index contributed by atoms with van der Waals surface area (Å²) in [7, 11) is 1.99. The number of thiophene rings is 1. The van der Waals surface area contributed by atoms with Crippen LogP contribution in [0.1, 0.15) is 16.5 Å². The van der Waals surface area contributed by atoms with E-state index in [-0.39, 0.29) is 6.04 Å². The molecule has 0 aliphatic rings. The van der Waals surface area contributed by atoms with Crippen molar-refractivity contribution in [3.63, 3.8) is 0 Å². The van der Waals surface area contributed by atoms with Gasteiger partial charge in [-0.2, -0.15) is 0 Å². The molecular formula is C12H10Br2INS. The highest BCUT2D eigenvalue weighted by atomic mass is 127. The average molecular weight is 487 g/mol. The standard InChI is InChI=1S/C12H10Br2INS/c1-16-11(12-10(14)4-5-17-12)8-6-7(15)2-3-9(8)13/h2-6,11,16H,1H3. The minimum atomic E-state index is 0.216. The maximum atomic E-state index is 3.63. The summed E-state index contributed by atoms with van der Waals surface area (Å²) in [6, 6.07) is 8.71. The maximum Gasteiger partial charge on any atom is 0.0691 e. The van der Waals surface area contributed by atoms with Crippen molar-refractivity contribution < 1.29 is 0 Å². The van der Waals surface area contributed by atoms with Crippen molar-refractivity contribution in [3.05, 3.63) is 52.6 Å². The van der Waals surface area contributed by atoms with Gasteiger partial charge in [0.2, 0.25) is 0 Å². The van der Waals surface area contributed by atoms with Gasteiger partial charge in [-0.25, -0.2) is 0 Å². The topological polar surface area (TPSA) is 12.0 Å². The lowest BCUT2D eigenvalue weighted by molar-refractivity contribution is 0.698. The molecule has 1 heterocycles. The Morgan fingerprint density at radius 1 is 1.24 bits per heavy atom. The Hall–Kier alpha value is 0.570. The molecule has 1 aromatic heterocycles. The highest BCUT2D eigenvalue weighted by molar-refractivity contribution is 14.1. The van der Waals surface area contributed by atoms with E-state index in [0.29, 0.717) is 0 Å². The third-order valence-electron chi connectivity index (χ3n) is 2.46. The van der Waals surface area contributed by atoms with Crippen molar-refractivity contribution in [2.24, 2.45) is 0 Å². The van der Waals surface area contributed by atoms with E-state index in [1.165, 1.54) is 14.0 Å². The van der Waals surface area contributed by atoms with Gasteiger partial charge < -0.3 is 5.32 Å². The highest BCUT2D eigenvalue weighted by Crippen LogP contribution is 2.36. The zero-order valence-electron chi connectivity index (χ0n) is 9.01. The normalized spacial score (nSPS) is 12.7. The van der Waals surface area contributed by atoms with E-state index in [4.69, 9.17) is 0 Å². The summed E-state index contributed by atoms with van der Waals surface area (Å²) in [5.41, 5.74) is 1.27. The first-order valence-electron chi connectivity index (χ1n) is 4.98. The molecule has 0 fully saturated rings. The summed E-state index contributed by atoms with van der Waals surface area (Å²) in [6.07, 6.45) is 0. The van der Waals surface area contributed by atoms with Gasteiger partial charge in [0, 0.05) is 17.4 Å². The number of hydrogen-bond acceptors (Lipinski definition) is 2. The molecule has 0 radical (unpaired) electrons. The van der Waals surface area contributed by atoms with Crippen LogP contribution in [0.4, 0.5) is 0 Å². The van der Waals surface area contributed by atoms with Crippen LogP contribution in [-0.2, 0) is 0 Å². The van der Waals surface area contributed by atoms with E-state index in [0.717, 1.165) is 8.95 Å². The summed E-state index contributed by atoms with van der Waals surface area (Å²) < 4.78 is 3.54. The van der Waals surface area contributed by atoms with Crippen LogP contribution in [0.5, 0.6) is 0 Å². The van der Waals surface area contributed by atoms with Crippen molar-refractivity contribution in [1.82, 2.24) is 5.32 Å². The summed E-state index contributed by atoms with van der Waals surface area (Å²) >= 11 is 11.3. The first-order chi connectivity index (χ1) is 8.13. The van der Waals surface area contributed by atoms with Gasteiger partial charge in [-0.3, -0.25) is 0 Å². The van der Waals surface area contributed by atoms with Gasteiger partial charge in [0.15, 0.2) is 0 Å². The second-order valence-electron chi connectivity index (χ2n) is 3.52. The van der Waals surface area contributed by atoms with E-state index < -0.39 is 0 Å². The second kappa shape index (κ2) is 6.14. The molecule has 1 nitrogen and oxygen atoms in total. The molecule has 90 valence electrons. The van der Waals surface area contributed by atoms with Gasteiger partial charge in [0.05, 0.1) is 6.04 Å². The van der Waals surface area contributed by atoms with Gasteiger partial charge >= 0.3 is 0 Å². The lowest BCUT2D eigenvalue weighted by Gasteiger charge is -2.18. The van der Waals surface area contributed by atoms with Crippen molar-refractivity contribution in [3.8, 4) is 0 Å². The van der Waals surface area contributed by atoms with Crippen molar-refractivity contribution in [2.45, 2.75) is 6.04 Å². The SMILES string of the molecule is CNC(c1cc(I)ccc1Br)c1sccc1Br. The van der Waals surface area contributed by atoms with E-state index in [9.17, 15) is 0 Å². The van der Waals surface area contributed by atoms with Crippen LogP contribution in [-0.4, -0.2) is 7.05 Å². The fraction of sp³-hybridized carbons (Fsp3) is 0.167. The number of halogens is 3. The quantitative estimate of drug-likeness (QED) is 0.589. The van der Waals surface area contributed by atoms with Gasteiger partial charge in [0.1, 0.15) is 0 Å². The molecule has 1 unspecified atom stereocenters. The molecule has 1 aromatic carbocycles. The molecular weight excluding hydrogens is 477 g/mol. The van der Waals surface area contributed by atoms with E-state index in [1.54, 1.807) is 11.3 Å². The number of rotatable bonds is 3. The largest absolute Gasteiger partial charge is 0.309 e. The molecule has 2 aromatic rings. The zero-order chi connectivity index (χ0) is 12.4. The van der Waals surface area contributed by atoms with Gasteiger partial charge in [-0.05, 0) is 80.8 Å². The second-order valence-corrected chi connectivity index (χ2v) is 7.42. The minimum absolute atomic E-state index is 0.216. The molecule has 1 atom stereocenters. The van der Waals surface area contributed by atoms with Crippen LogP contribution in [0.2, 0.25) is 0 Å². The molecule has 0 bridgehead atoms. The fourth-order valence-corrected chi connectivity index (χ4v) is 4.39. The van der Waals surface area contributed by atoms with Crippen LogP contribution in [0.15, 0.2) is 38.6 Å². The molecule has 0 saturated heterocycles. The van der Waals surface area contributed by atoms with E-state index in [1.807, 2.05) is 7.05 Å². The van der Waals surface area contributed by atoms with Crippen LogP contribution >= 0.6 is 65.8 Å². The highest BCUT2D eigenvalue weighted by Gasteiger charge is 2.18. The van der Waals surface area contributed by atoms with E-state index >= 15 is 0 Å². The average Bonchev–Trinajstić information content (AvgIpc) is 2.71. The molecule has 0 aliphatic heterocycles. The fourth-order valence-electron chi connectivity index (χ4n) is 1.68. The maximum absolute atomic E-state index is 3.63. The smallest absolute Gasteiger partial charge is 0.0691 e. The monoisotopic (exact) mass is 485 g/mol. The third-order valence-corrected chi connectivity index (χ3v) is 5.79. The summed E-state index contributed by atoms with van der Waals surface area (Å²) in [5.74, 6) is 0. The Kier molecular flexibility index (Phi) is 5.06. The molecule has 2 rings (SSSR count). The molecule has 0 saturated carbocycles. The van der Waals surface area contributed by atoms with Crippen LogP contribution in [0.25, 0.3) is 0 Å². The first-order valence-corrected chi connectivity index (χ1v) is 8.53. The third kappa shape index (κ3) is 3.12. The Labute approximate surface area is 135 Å². The van der Waals surface area contributed by atoms with Gasteiger partial charge in [-0.1, -0.05) is 15.9 Å². The van der Waals surface area contributed by atoms with E-state index in [2.05, 4.69) is 89.4 Å². The molecule has 1 N–H and O–H groups in total. The predicted octanol–water partition coefficient (Wildman–Crippen LogP) is 5.19. The number of hydrogen-bond donors (Lipinski definition) is 1. The molecule has 0 aliphatic carbocycles. The predicted molar refractivity (Wildman–Crippen MR) is 89.8 cm³/mol. The van der Waals surface area contributed by atoms with Crippen LogP contribution in [0.3, 0.4) is 0 Å². The van der Waals surface area contributed by atoms with Gasteiger partial charge in [0.25, 0.3) is 0 Å². The van der Waals surface area contributed by atoms with Gasteiger partial charge in [-0.15, -0.1) is 11.3 Å². The van der Waals surface area contributed by atoms with Crippen molar-refractivity contribution >= 4 is 65.8 Å². The summed E-state index contributed by atoms with van der Waals surface area (Å²) in [5, 5.41) is 5.48. The minimum Gasteiger partial charge on any atom is -0.309 e. The summed E-state index contributed by atoms with van der Waals surface area (Å²) in [4.78, 5) is 1.30.